The Kier molecular flexibility index (Phi) is 6.00. The molecule has 1 aliphatic carbocycles. The van der Waals surface area contributed by atoms with E-state index in [4.69, 9.17) is 9.05 Å². The summed E-state index contributed by atoms with van der Waals surface area (Å²) in [7, 11) is -1.25. The third kappa shape index (κ3) is 4.31. The van der Waals surface area contributed by atoms with Gasteiger partial charge in [-0.3, -0.25) is 0 Å². The van der Waals surface area contributed by atoms with Crippen LogP contribution in [0, 0.1) is 23.2 Å². The molecule has 0 N–H and O–H groups in total. The first-order valence-electron chi connectivity index (χ1n) is 12.3. The van der Waals surface area contributed by atoms with E-state index >= 15 is 0 Å². The molecule has 0 amide bonds. The Hall–Kier alpha value is -2.31. The molecule has 0 bridgehead atoms. The average Bonchev–Trinajstić information content (AvgIpc) is 2.79. The Balaban J connectivity index is 1.53. The highest BCUT2D eigenvalue weighted by molar-refractivity contribution is 7.57. The van der Waals surface area contributed by atoms with Crippen molar-refractivity contribution < 1.29 is 9.05 Å². The first-order valence-corrected chi connectivity index (χ1v) is 13.4. The summed E-state index contributed by atoms with van der Waals surface area (Å²) in [5.74, 6) is 4.39. The van der Waals surface area contributed by atoms with Crippen molar-refractivity contribution in [3.8, 4) is 22.6 Å². The minimum atomic E-state index is -1.25. The largest absolute Gasteiger partial charge is 0.435 e. The molecule has 1 fully saturated rings. The molecular formula is C30H35O2P. The van der Waals surface area contributed by atoms with Gasteiger partial charge in [-0.2, -0.15) is 0 Å². The lowest BCUT2D eigenvalue weighted by atomic mass is 9.58. The Labute approximate surface area is 200 Å². The topological polar surface area (TPSA) is 18.5 Å². The summed E-state index contributed by atoms with van der Waals surface area (Å²) in [4.78, 5) is 0. The molecule has 2 aliphatic rings. The van der Waals surface area contributed by atoms with Crippen LogP contribution in [0.5, 0.6) is 11.5 Å². The minimum Gasteiger partial charge on any atom is -0.435 e. The highest BCUT2D eigenvalue weighted by atomic mass is 31.2. The van der Waals surface area contributed by atoms with Gasteiger partial charge in [0, 0.05) is 5.56 Å². The van der Waals surface area contributed by atoms with Gasteiger partial charge in [0.15, 0.2) is 0 Å². The molecule has 5 atom stereocenters. The molecule has 0 aromatic heterocycles. The maximum atomic E-state index is 6.80. The fourth-order valence-corrected chi connectivity index (χ4v) is 7.55. The van der Waals surface area contributed by atoms with Crippen molar-refractivity contribution in [3.63, 3.8) is 0 Å². The van der Waals surface area contributed by atoms with Crippen molar-refractivity contribution in [3.05, 3.63) is 78.4 Å². The van der Waals surface area contributed by atoms with Crippen molar-refractivity contribution in [1.82, 2.24) is 0 Å². The second-order valence-corrected chi connectivity index (χ2v) is 12.4. The second-order valence-electron chi connectivity index (χ2n) is 11.0. The molecule has 4 unspecified atom stereocenters. The fourth-order valence-electron chi connectivity index (χ4n) is 6.03. The number of hydrogen-bond acceptors (Lipinski definition) is 2. The van der Waals surface area contributed by atoms with Crippen LogP contribution in [-0.4, -0.2) is 0 Å². The van der Waals surface area contributed by atoms with Gasteiger partial charge in [0.2, 0.25) is 0 Å². The maximum absolute atomic E-state index is 6.80. The van der Waals surface area contributed by atoms with Gasteiger partial charge in [0.25, 0.3) is 0 Å². The summed E-state index contributed by atoms with van der Waals surface area (Å²) in [6.07, 6.45) is 2.54. The minimum absolute atomic E-state index is 0.249. The lowest BCUT2D eigenvalue weighted by Crippen LogP contribution is -2.36. The molecule has 33 heavy (non-hydrogen) atoms. The molecule has 5 rings (SSSR count). The van der Waals surface area contributed by atoms with Crippen molar-refractivity contribution in [1.29, 1.82) is 0 Å². The number of fused-ring (bicyclic) bond motifs is 3. The van der Waals surface area contributed by atoms with E-state index in [0.29, 0.717) is 17.8 Å². The van der Waals surface area contributed by atoms with E-state index in [2.05, 4.69) is 101 Å². The van der Waals surface area contributed by atoms with Crippen molar-refractivity contribution in [2.75, 3.05) is 0 Å². The second kappa shape index (κ2) is 8.80. The molecule has 1 saturated carbocycles. The lowest BCUT2D eigenvalue weighted by Gasteiger charge is -2.46. The molecule has 172 valence electrons. The standard InChI is InChI=1S/C30H35O2P/c1-20-18-21(2)29(25(19-20)30(3,4)5)24-14-7-10-16-27(24)32-33-28-17-11-8-13-23(28)22-12-6-9-15-26(22)31-33/h6-17,20-21,25,29H,18-19H2,1-5H3/t20?,21-,25?,29?,33?/m0/s1. The number of rotatable bonds is 3. The Morgan fingerprint density at radius 3 is 2.27 bits per heavy atom. The van der Waals surface area contributed by atoms with Gasteiger partial charge in [0.05, 0.1) is 5.30 Å². The van der Waals surface area contributed by atoms with Crippen LogP contribution in [-0.2, 0) is 0 Å². The summed E-state index contributed by atoms with van der Waals surface area (Å²) in [6, 6.07) is 25.5. The molecule has 1 heterocycles. The Morgan fingerprint density at radius 1 is 0.818 bits per heavy atom. The number of para-hydroxylation sites is 2. The summed E-state index contributed by atoms with van der Waals surface area (Å²) >= 11 is 0. The van der Waals surface area contributed by atoms with Crippen LogP contribution in [0.15, 0.2) is 72.8 Å². The van der Waals surface area contributed by atoms with E-state index in [0.717, 1.165) is 28.3 Å². The molecule has 3 heteroatoms. The van der Waals surface area contributed by atoms with E-state index in [1.54, 1.807) is 0 Å². The zero-order valence-electron chi connectivity index (χ0n) is 20.4. The van der Waals surface area contributed by atoms with Gasteiger partial charge in [-0.15, -0.1) is 0 Å². The molecule has 3 aromatic carbocycles. The first-order chi connectivity index (χ1) is 15.8. The molecule has 0 radical (unpaired) electrons. The highest BCUT2D eigenvalue weighted by Crippen LogP contribution is 2.55. The Bertz CT molecular complexity index is 1130. The smallest absolute Gasteiger partial charge is 0.326 e. The molecule has 2 nitrogen and oxygen atoms in total. The van der Waals surface area contributed by atoms with Crippen LogP contribution in [0.2, 0.25) is 0 Å². The predicted molar refractivity (Wildman–Crippen MR) is 139 cm³/mol. The molecule has 0 saturated heterocycles. The van der Waals surface area contributed by atoms with Crippen LogP contribution >= 0.6 is 8.38 Å². The van der Waals surface area contributed by atoms with Gasteiger partial charge in [0.1, 0.15) is 11.5 Å². The third-order valence-electron chi connectivity index (χ3n) is 7.51. The molecular weight excluding hydrogens is 423 g/mol. The van der Waals surface area contributed by atoms with Crippen LogP contribution < -0.4 is 14.4 Å². The van der Waals surface area contributed by atoms with Crippen molar-refractivity contribution in [2.45, 2.75) is 53.4 Å². The van der Waals surface area contributed by atoms with Crippen LogP contribution in [0.25, 0.3) is 11.1 Å². The fraction of sp³-hybridized carbons (Fsp3) is 0.400. The predicted octanol–water partition coefficient (Wildman–Crippen LogP) is 8.57. The summed E-state index contributed by atoms with van der Waals surface area (Å²) in [5.41, 5.74) is 3.96. The van der Waals surface area contributed by atoms with Crippen LogP contribution in [0.3, 0.4) is 0 Å². The van der Waals surface area contributed by atoms with Gasteiger partial charge in [-0.05, 0) is 71.3 Å². The zero-order chi connectivity index (χ0) is 23.2. The van der Waals surface area contributed by atoms with Crippen LogP contribution in [0.4, 0.5) is 0 Å². The lowest BCUT2D eigenvalue weighted by molar-refractivity contribution is 0.0842. The normalized spacial score (nSPS) is 26.6. The third-order valence-corrected chi connectivity index (χ3v) is 9.02. The molecule has 3 aromatic rings. The highest BCUT2D eigenvalue weighted by Gasteiger charge is 2.42. The SMILES string of the molecule is CC1CC(C(C)(C)C)C(c2ccccc2OP2Oc3ccccc3-c3ccccc32)[C@@H](C)C1. The average molecular weight is 459 g/mol. The molecule has 0 spiro atoms. The van der Waals surface area contributed by atoms with Crippen molar-refractivity contribution in [2.24, 2.45) is 23.2 Å². The summed E-state index contributed by atoms with van der Waals surface area (Å²) in [5, 5.41) is 1.15. The monoisotopic (exact) mass is 458 g/mol. The van der Waals surface area contributed by atoms with E-state index in [-0.39, 0.29) is 5.41 Å². The quantitative estimate of drug-likeness (QED) is 0.366. The maximum Gasteiger partial charge on any atom is 0.326 e. The van der Waals surface area contributed by atoms with E-state index in [9.17, 15) is 0 Å². The van der Waals surface area contributed by atoms with E-state index in [1.165, 1.54) is 24.0 Å². The van der Waals surface area contributed by atoms with Gasteiger partial charge in [-0.25, -0.2) is 0 Å². The van der Waals surface area contributed by atoms with Crippen molar-refractivity contribution >= 4 is 13.7 Å². The summed E-state index contributed by atoms with van der Waals surface area (Å²) in [6.45, 7) is 12.1. The summed E-state index contributed by atoms with van der Waals surface area (Å²) < 4.78 is 13.3. The first kappa shape index (κ1) is 22.5. The van der Waals surface area contributed by atoms with Crippen LogP contribution in [0.1, 0.15) is 58.9 Å². The number of hydrogen-bond donors (Lipinski definition) is 0. The molecule has 1 aliphatic heterocycles. The van der Waals surface area contributed by atoms with Gasteiger partial charge < -0.3 is 9.05 Å². The van der Waals surface area contributed by atoms with Gasteiger partial charge >= 0.3 is 8.38 Å². The number of benzene rings is 3. The zero-order valence-corrected chi connectivity index (χ0v) is 21.3. The van der Waals surface area contributed by atoms with E-state index < -0.39 is 8.38 Å². The van der Waals surface area contributed by atoms with E-state index in [1.807, 2.05) is 6.07 Å². The Morgan fingerprint density at radius 2 is 1.48 bits per heavy atom. The van der Waals surface area contributed by atoms with Gasteiger partial charge in [-0.1, -0.05) is 89.2 Å².